The molecule has 0 heterocycles. The van der Waals surface area contributed by atoms with E-state index in [0.717, 1.165) is 51.4 Å². The van der Waals surface area contributed by atoms with Gasteiger partial charge in [0, 0.05) is 11.8 Å². The van der Waals surface area contributed by atoms with Crippen LogP contribution < -0.4 is 0 Å². The quantitative estimate of drug-likeness (QED) is 0.0947. The monoisotopic (exact) mass is 560 g/mol. The third kappa shape index (κ3) is 7.60. The number of aromatic hydroxyl groups is 1. The molecule has 0 bridgehead atoms. The molecular formula is C38H56O3. The minimum Gasteiger partial charge on any atom is -0.508 e. The Bertz CT molecular complexity index is 1050. The number of phenolic OH excluding ortho intramolecular Hbond substituents is 1. The molecule has 0 saturated heterocycles. The van der Waals surface area contributed by atoms with E-state index in [0.29, 0.717) is 29.9 Å². The first kappa shape index (κ1) is 31.7. The molecule has 5 atom stereocenters. The van der Waals surface area contributed by atoms with Crippen LogP contribution in [0.15, 0.2) is 30.4 Å². The molecule has 3 nitrogen and oxygen atoms in total. The molecule has 0 amide bonds. The van der Waals surface area contributed by atoms with Crippen LogP contribution in [0.4, 0.5) is 0 Å². The number of unbranched alkanes of at least 4 members (excludes halogenated alkanes) is 11. The summed E-state index contributed by atoms with van der Waals surface area (Å²) in [6.45, 7) is 4.58. The second-order valence-electron chi connectivity index (χ2n) is 13.6. The van der Waals surface area contributed by atoms with Gasteiger partial charge in [-0.15, -0.1) is 6.42 Å². The molecule has 4 rings (SSSR count). The van der Waals surface area contributed by atoms with Crippen molar-refractivity contribution < 1.29 is 14.6 Å². The van der Waals surface area contributed by atoms with Crippen LogP contribution in [0.5, 0.6) is 5.75 Å². The summed E-state index contributed by atoms with van der Waals surface area (Å²) in [7, 11) is 0. The lowest BCUT2D eigenvalue weighted by Crippen LogP contribution is -2.52. The molecule has 41 heavy (non-hydrogen) atoms. The first-order chi connectivity index (χ1) is 19.9. The van der Waals surface area contributed by atoms with E-state index < -0.39 is 5.60 Å². The minimum atomic E-state index is -0.767. The molecule has 0 unspecified atom stereocenters. The van der Waals surface area contributed by atoms with Crippen molar-refractivity contribution in [2.75, 3.05) is 0 Å². The Balaban J connectivity index is 1.15. The Morgan fingerprint density at radius 1 is 0.976 bits per heavy atom. The zero-order chi connectivity index (χ0) is 29.1. The smallest absolute Gasteiger partial charge is 0.307 e. The van der Waals surface area contributed by atoms with Gasteiger partial charge in [-0.2, -0.15) is 0 Å². The number of terminal acetylenes is 1. The number of fused-ring (bicyclic) bond motifs is 5. The number of carbonyl (C=O) groups is 1. The lowest BCUT2D eigenvalue weighted by Gasteiger charge is -2.52. The first-order valence-corrected chi connectivity index (χ1v) is 17.1. The van der Waals surface area contributed by atoms with Crippen LogP contribution in [0.3, 0.4) is 0 Å². The van der Waals surface area contributed by atoms with Crippen LogP contribution in [0, 0.1) is 29.6 Å². The number of phenols is 1. The summed E-state index contributed by atoms with van der Waals surface area (Å²) in [6.07, 6.45) is 33.7. The third-order valence-electron chi connectivity index (χ3n) is 11.0. The van der Waals surface area contributed by atoms with Gasteiger partial charge in [-0.1, -0.05) is 89.4 Å². The van der Waals surface area contributed by atoms with Crippen molar-refractivity contribution in [1.29, 1.82) is 0 Å². The topological polar surface area (TPSA) is 46.5 Å². The van der Waals surface area contributed by atoms with Crippen LogP contribution in [0.25, 0.3) is 0 Å². The van der Waals surface area contributed by atoms with E-state index in [9.17, 15) is 9.90 Å². The van der Waals surface area contributed by atoms with Gasteiger partial charge in [0.1, 0.15) is 5.75 Å². The Hall–Kier alpha value is -2.21. The highest BCUT2D eigenvalue weighted by Crippen LogP contribution is 2.65. The Morgan fingerprint density at radius 3 is 2.37 bits per heavy atom. The summed E-state index contributed by atoms with van der Waals surface area (Å²) in [5.41, 5.74) is 1.80. The molecule has 0 aromatic heterocycles. The highest BCUT2D eigenvalue weighted by molar-refractivity contribution is 5.70. The Labute approximate surface area is 250 Å². The van der Waals surface area contributed by atoms with E-state index in [-0.39, 0.29) is 11.4 Å². The van der Waals surface area contributed by atoms with Crippen molar-refractivity contribution in [2.24, 2.45) is 17.3 Å². The number of hydrogen-bond acceptors (Lipinski definition) is 3. The van der Waals surface area contributed by atoms with Gasteiger partial charge in [-0.3, -0.25) is 4.79 Å². The third-order valence-corrected chi connectivity index (χ3v) is 11.0. The molecule has 3 aliphatic carbocycles. The van der Waals surface area contributed by atoms with Crippen molar-refractivity contribution in [3.05, 3.63) is 41.5 Å². The second kappa shape index (κ2) is 15.3. The van der Waals surface area contributed by atoms with Crippen molar-refractivity contribution in [2.45, 2.75) is 154 Å². The fraction of sp³-hybridized carbons (Fsp3) is 0.711. The molecule has 1 aromatic carbocycles. The molecule has 3 aliphatic rings. The summed E-state index contributed by atoms with van der Waals surface area (Å²) >= 11 is 0. The van der Waals surface area contributed by atoms with Crippen LogP contribution in [0.1, 0.15) is 153 Å². The van der Waals surface area contributed by atoms with Crippen LogP contribution in [0.2, 0.25) is 0 Å². The number of esters is 1. The molecule has 0 spiro atoms. The summed E-state index contributed by atoms with van der Waals surface area (Å²) in [6, 6.07) is 5.93. The van der Waals surface area contributed by atoms with Gasteiger partial charge in [0.25, 0.3) is 0 Å². The van der Waals surface area contributed by atoms with E-state index in [1.54, 1.807) is 0 Å². The molecule has 2 saturated carbocycles. The minimum absolute atomic E-state index is 0.103. The Kier molecular flexibility index (Phi) is 11.8. The maximum absolute atomic E-state index is 13.0. The number of ether oxygens (including phenoxy) is 1. The molecule has 0 aliphatic heterocycles. The van der Waals surface area contributed by atoms with Crippen LogP contribution in [-0.2, 0) is 16.0 Å². The predicted octanol–water partition coefficient (Wildman–Crippen LogP) is 10.2. The predicted molar refractivity (Wildman–Crippen MR) is 170 cm³/mol. The summed E-state index contributed by atoms with van der Waals surface area (Å²) in [5.74, 6) is 4.89. The van der Waals surface area contributed by atoms with E-state index in [4.69, 9.17) is 11.2 Å². The molecule has 0 radical (unpaired) electrons. The van der Waals surface area contributed by atoms with Gasteiger partial charge < -0.3 is 9.84 Å². The van der Waals surface area contributed by atoms with E-state index in [1.165, 1.54) is 81.8 Å². The highest BCUT2D eigenvalue weighted by atomic mass is 16.6. The average Bonchev–Trinajstić information content (AvgIpc) is 3.26. The van der Waals surface area contributed by atoms with Gasteiger partial charge in [0.2, 0.25) is 0 Å². The van der Waals surface area contributed by atoms with Crippen LogP contribution in [-0.4, -0.2) is 16.7 Å². The lowest BCUT2D eigenvalue weighted by molar-refractivity contribution is -0.168. The normalized spacial score (nSPS) is 28.6. The summed E-state index contributed by atoms with van der Waals surface area (Å²) < 4.78 is 6.29. The Morgan fingerprint density at radius 2 is 1.66 bits per heavy atom. The van der Waals surface area contributed by atoms with Gasteiger partial charge in [-0.25, -0.2) is 0 Å². The lowest BCUT2D eigenvalue weighted by atomic mass is 9.53. The summed E-state index contributed by atoms with van der Waals surface area (Å²) in [5, 5.41) is 9.97. The van der Waals surface area contributed by atoms with Gasteiger partial charge in [0.05, 0.1) is 0 Å². The van der Waals surface area contributed by atoms with Gasteiger partial charge >= 0.3 is 5.97 Å². The molecule has 226 valence electrons. The number of benzene rings is 1. The standard InChI is InChI=1S/C38H56O3/c1-4-6-7-8-9-10-11-12-13-14-15-16-17-18-19-20-36(40)41-38(5-2)28-26-35-34-23-21-30-29-31(39)22-24-32(30)33(34)25-27-37(35,38)3/h2,12-13,22,24,29,33-35,39H,4,6-11,14-21,23,25-28H2,1,3H3/b13-12-/t33-,34-,35+,37+,38+/m1/s1. The number of aryl methyl sites for hydroxylation is 1. The fourth-order valence-corrected chi connectivity index (χ4v) is 8.59. The largest absolute Gasteiger partial charge is 0.508 e. The molecule has 3 heteroatoms. The molecular weight excluding hydrogens is 504 g/mol. The van der Waals surface area contributed by atoms with E-state index in [1.807, 2.05) is 12.1 Å². The maximum Gasteiger partial charge on any atom is 0.307 e. The van der Waals surface area contributed by atoms with Gasteiger partial charge in [0.15, 0.2) is 5.60 Å². The fourth-order valence-electron chi connectivity index (χ4n) is 8.59. The molecule has 1 aromatic rings. The average molecular weight is 561 g/mol. The SMILES string of the molecule is C#C[C@]1(OC(=O)CCCCCCC/C=C\CCCCCCCC)CC[C@H]2[C@@H]3CCc4cc(O)ccc4[C@H]3CC[C@@]21C. The number of allylic oxidation sites excluding steroid dienone is 2. The second-order valence-corrected chi connectivity index (χ2v) is 13.6. The van der Waals surface area contributed by atoms with Crippen molar-refractivity contribution in [1.82, 2.24) is 0 Å². The molecule has 1 N–H and O–H groups in total. The maximum atomic E-state index is 13.0. The van der Waals surface area contributed by atoms with Crippen molar-refractivity contribution in [3.8, 4) is 18.1 Å². The van der Waals surface area contributed by atoms with Crippen molar-refractivity contribution >= 4 is 5.97 Å². The van der Waals surface area contributed by atoms with Gasteiger partial charge in [-0.05, 0) is 112 Å². The number of hydrogen-bond donors (Lipinski definition) is 1. The van der Waals surface area contributed by atoms with E-state index in [2.05, 4.69) is 38.0 Å². The zero-order valence-electron chi connectivity index (χ0n) is 26.1. The highest BCUT2D eigenvalue weighted by Gasteiger charge is 2.63. The molecule has 2 fully saturated rings. The van der Waals surface area contributed by atoms with E-state index >= 15 is 0 Å². The van der Waals surface area contributed by atoms with Crippen LogP contribution >= 0.6 is 0 Å². The van der Waals surface area contributed by atoms with Crippen molar-refractivity contribution in [3.63, 3.8) is 0 Å². The zero-order valence-corrected chi connectivity index (χ0v) is 26.1. The number of rotatable bonds is 16. The summed E-state index contributed by atoms with van der Waals surface area (Å²) in [4.78, 5) is 13.0. The first-order valence-electron chi connectivity index (χ1n) is 17.1. The number of carbonyl (C=O) groups excluding carboxylic acids is 1.